The lowest BCUT2D eigenvalue weighted by atomic mass is 10.1. The van der Waals surface area contributed by atoms with E-state index in [1.54, 1.807) is 23.9 Å². The standard InChI is InChI=1S/C13H16N2O4S/c1-20-8-9-2-4-10(5-3-9)13(19)15-6-11(16)14-7-12(17)18/h2-5H,6-8H2,1H3,(H,14,16)(H,15,19)(H,17,18). The van der Waals surface area contributed by atoms with Gasteiger partial charge in [0.1, 0.15) is 6.54 Å². The number of thioether (sulfide) groups is 1. The second-order valence-corrected chi connectivity index (χ2v) is 4.85. The van der Waals surface area contributed by atoms with E-state index >= 15 is 0 Å². The van der Waals surface area contributed by atoms with Crippen molar-refractivity contribution in [1.82, 2.24) is 10.6 Å². The molecule has 3 N–H and O–H groups in total. The van der Waals surface area contributed by atoms with Crippen LogP contribution in [0.5, 0.6) is 0 Å². The van der Waals surface area contributed by atoms with Gasteiger partial charge in [-0.15, -0.1) is 0 Å². The fraction of sp³-hybridized carbons (Fsp3) is 0.308. The number of carbonyl (C=O) groups excluding carboxylic acids is 2. The molecule has 0 saturated carbocycles. The average molecular weight is 296 g/mol. The van der Waals surface area contributed by atoms with Gasteiger partial charge in [0.25, 0.3) is 5.91 Å². The van der Waals surface area contributed by atoms with Crippen LogP contribution in [0, 0.1) is 0 Å². The Hall–Kier alpha value is -2.02. The zero-order chi connectivity index (χ0) is 15.0. The first-order valence-corrected chi connectivity index (χ1v) is 7.27. The molecule has 0 aliphatic heterocycles. The highest BCUT2D eigenvalue weighted by Gasteiger charge is 2.08. The van der Waals surface area contributed by atoms with Crippen LogP contribution in [0.2, 0.25) is 0 Å². The first-order valence-electron chi connectivity index (χ1n) is 5.87. The van der Waals surface area contributed by atoms with E-state index in [-0.39, 0.29) is 12.5 Å². The second kappa shape index (κ2) is 8.21. The van der Waals surface area contributed by atoms with E-state index in [1.165, 1.54) is 0 Å². The molecule has 0 aromatic heterocycles. The van der Waals surface area contributed by atoms with E-state index in [1.807, 2.05) is 18.4 Å². The largest absolute Gasteiger partial charge is 0.480 e. The topological polar surface area (TPSA) is 95.5 Å². The zero-order valence-corrected chi connectivity index (χ0v) is 11.8. The summed E-state index contributed by atoms with van der Waals surface area (Å²) in [6.07, 6.45) is 2.00. The molecule has 0 spiro atoms. The maximum atomic E-state index is 11.7. The highest BCUT2D eigenvalue weighted by Crippen LogP contribution is 2.10. The average Bonchev–Trinajstić information content (AvgIpc) is 2.43. The molecule has 0 heterocycles. The van der Waals surface area contributed by atoms with Gasteiger partial charge in [-0.3, -0.25) is 14.4 Å². The van der Waals surface area contributed by atoms with Crippen molar-refractivity contribution in [2.24, 2.45) is 0 Å². The molecule has 0 saturated heterocycles. The Balaban J connectivity index is 2.42. The van der Waals surface area contributed by atoms with Gasteiger partial charge in [0.05, 0.1) is 6.54 Å². The number of aliphatic carboxylic acids is 1. The summed E-state index contributed by atoms with van der Waals surface area (Å²) < 4.78 is 0. The first kappa shape index (κ1) is 16.0. The van der Waals surface area contributed by atoms with Gasteiger partial charge in [0.2, 0.25) is 5.91 Å². The van der Waals surface area contributed by atoms with Crippen molar-refractivity contribution in [2.75, 3.05) is 19.3 Å². The van der Waals surface area contributed by atoms with E-state index < -0.39 is 18.4 Å². The minimum Gasteiger partial charge on any atom is -0.480 e. The molecule has 0 bridgehead atoms. The van der Waals surface area contributed by atoms with E-state index in [2.05, 4.69) is 10.6 Å². The van der Waals surface area contributed by atoms with E-state index in [9.17, 15) is 14.4 Å². The molecule has 0 radical (unpaired) electrons. The third-order valence-corrected chi connectivity index (χ3v) is 3.00. The molecule has 1 aromatic carbocycles. The Morgan fingerprint density at radius 2 is 1.75 bits per heavy atom. The summed E-state index contributed by atoms with van der Waals surface area (Å²) in [5, 5.41) is 13.0. The molecule has 1 rings (SSSR count). The molecule has 108 valence electrons. The quantitative estimate of drug-likeness (QED) is 0.680. The van der Waals surface area contributed by atoms with Crippen molar-refractivity contribution in [3.8, 4) is 0 Å². The van der Waals surface area contributed by atoms with Gasteiger partial charge in [-0.2, -0.15) is 11.8 Å². The number of amides is 2. The van der Waals surface area contributed by atoms with Crippen LogP contribution in [-0.2, 0) is 15.3 Å². The Labute approximate surface area is 120 Å². The highest BCUT2D eigenvalue weighted by molar-refractivity contribution is 7.97. The monoisotopic (exact) mass is 296 g/mol. The minimum absolute atomic E-state index is 0.251. The van der Waals surface area contributed by atoms with Crippen LogP contribution >= 0.6 is 11.8 Å². The summed E-state index contributed by atoms with van der Waals surface area (Å²) in [5.74, 6) is -1.17. The predicted octanol–water partition coefficient (Wildman–Crippen LogP) is 0.480. The number of benzene rings is 1. The number of hydrogen-bond donors (Lipinski definition) is 3. The molecule has 2 amide bonds. The van der Waals surface area contributed by atoms with Crippen molar-refractivity contribution in [3.05, 3.63) is 35.4 Å². The highest BCUT2D eigenvalue weighted by atomic mass is 32.2. The number of hydrogen-bond acceptors (Lipinski definition) is 4. The van der Waals surface area contributed by atoms with Crippen LogP contribution < -0.4 is 10.6 Å². The molecule has 0 unspecified atom stereocenters. The second-order valence-electron chi connectivity index (χ2n) is 3.98. The van der Waals surface area contributed by atoms with Crippen molar-refractivity contribution in [3.63, 3.8) is 0 Å². The molecule has 0 fully saturated rings. The summed E-state index contributed by atoms with van der Waals surface area (Å²) >= 11 is 1.69. The Morgan fingerprint density at radius 1 is 1.10 bits per heavy atom. The Morgan fingerprint density at radius 3 is 2.30 bits per heavy atom. The van der Waals surface area contributed by atoms with Crippen molar-refractivity contribution < 1.29 is 19.5 Å². The number of carbonyl (C=O) groups is 3. The lowest BCUT2D eigenvalue weighted by molar-refractivity contribution is -0.137. The van der Waals surface area contributed by atoms with Crippen molar-refractivity contribution >= 4 is 29.5 Å². The third kappa shape index (κ3) is 5.75. The van der Waals surface area contributed by atoms with Crippen molar-refractivity contribution in [1.29, 1.82) is 0 Å². The van der Waals surface area contributed by atoms with E-state index in [0.29, 0.717) is 5.56 Å². The molecule has 6 nitrogen and oxygen atoms in total. The normalized spacial score (nSPS) is 9.85. The fourth-order valence-corrected chi connectivity index (χ4v) is 1.94. The summed E-state index contributed by atoms with van der Waals surface area (Å²) in [4.78, 5) is 33.2. The molecular weight excluding hydrogens is 280 g/mol. The minimum atomic E-state index is -1.13. The Kier molecular flexibility index (Phi) is 6.58. The summed E-state index contributed by atoms with van der Waals surface area (Å²) in [7, 11) is 0. The van der Waals surface area contributed by atoms with Crippen LogP contribution in [0.3, 0.4) is 0 Å². The fourth-order valence-electron chi connectivity index (χ4n) is 1.42. The van der Waals surface area contributed by atoms with Crippen LogP contribution in [0.4, 0.5) is 0 Å². The molecule has 0 aliphatic carbocycles. The molecule has 20 heavy (non-hydrogen) atoms. The zero-order valence-electron chi connectivity index (χ0n) is 11.0. The first-order chi connectivity index (χ1) is 9.52. The van der Waals surface area contributed by atoms with Gasteiger partial charge >= 0.3 is 5.97 Å². The van der Waals surface area contributed by atoms with Gasteiger partial charge < -0.3 is 15.7 Å². The van der Waals surface area contributed by atoms with Crippen molar-refractivity contribution in [2.45, 2.75) is 5.75 Å². The SMILES string of the molecule is CSCc1ccc(C(=O)NCC(=O)NCC(=O)O)cc1. The maximum absolute atomic E-state index is 11.7. The number of carboxylic acids is 1. The predicted molar refractivity (Wildman–Crippen MR) is 76.6 cm³/mol. The van der Waals surface area contributed by atoms with Gasteiger partial charge in [-0.1, -0.05) is 12.1 Å². The van der Waals surface area contributed by atoms with Gasteiger partial charge in [0, 0.05) is 11.3 Å². The number of rotatable bonds is 7. The summed E-state index contributed by atoms with van der Waals surface area (Å²) in [5.41, 5.74) is 1.58. The van der Waals surface area contributed by atoms with Gasteiger partial charge in [-0.25, -0.2) is 0 Å². The molecule has 7 heteroatoms. The Bertz CT molecular complexity index is 488. The van der Waals surface area contributed by atoms with Gasteiger partial charge in [0.15, 0.2) is 0 Å². The van der Waals surface area contributed by atoms with Crippen LogP contribution in [0.1, 0.15) is 15.9 Å². The molecule has 0 aliphatic rings. The maximum Gasteiger partial charge on any atom is 0.322 e. The smallest absolute Gasteiger partial charge is 0.322 e. The van der Waals surface area contributed by atoms with Crippen LogP contribution in [-0.4, -0.2) is 42.2 Å². The number of nitrogens with one attached hydrogen (secondary N) is 2. The molecule has 0 atom stereocenters. The van der Waals surface area contributed by atoms with Crippen LogP contribution in [0.25, 0.3) is 0 Å². The van der Waals surface area contributed by atoms with Crippen LogP contribution in [0.15, 0.2) is 24.3 Å². The van der Waals surface area contributed by atoms with Gasteiger partial charge in [-0.05, 0) is 24.0 Å². The van der Waals surface area contributed by atoms with E-state index in [4.69, 9.17) is 5.11 Å². The molecular formula is C13H16N2O4S. The third-order valence-electron chi connectivity index (χ3n) is 2.37. The van der Waals surface area contributed by atoms with E-state index in [0.717, 1.165) is 11.3 Å². The summed E-state index contributed by atoms with van der Waals surface area (Å²) in [6, 6.07) is 7.10. The molecule has 1 aromatic rings. The summed E-state index contributed by atoms with van der Waals surface area (Å²) in [6.45, 7) is -0.712. The lowest BCUT2D eigenvalue weighted by Crippen LogP contribution is -2.39. The number of carboxylic acid groups (broad SMARTS) is 1. The lowest BCUT2D eigenvalue weighted by Gasteiger charge is -2.06.